The van der Waals surface area contributed by atoms with E-state index in [-0.39, 0.29) is 24.3 Å². The molecule has 0 aromatic heterocycles. The normalized spacial score (nSPS) is 18.6. The molecule has 1 fully saturated rings. The fourth-order valence-corrected chi connectivity index (χ4v) is 2.15. The zero-order valence-corrected chi connectivity index (χ0v) is 11.4. The molecule has 1 aromatic rings. The molecule has 106 valence electrons. The van der Waals surface area contributed by atoms with Crippen molar-refractivity contribution in [3.63, 3.8) is 0 Å². The summed E-state index contributed by atoms with van der Waals surface area (Å²) in [6, 6.07) is 7.42. The summed E-state index contributed by atoms with van der Waals surface area (Å²) in [7, 11) is 0. The van der Waals surface area contributed by atoms with Crippen molar-refractivity contribution in [1.29, 1.82) is 0 Å². The number of anilines is 1. The Kier molecular flexibility index (Phi) is 4.02. The largest absolute Gasteiger partial charge is 0.326 e. The summed E-state index contributed by atoms with van der Waals surface area (Å²) in [5, 5.41) is 5.15. The average Bonchev–Trinajstić information content (AvgIpc) is 2.65. The molecule has 0 radical (unpaired) electrons. The van der Waals surface area contributed by atoms with E-state index in [0.29, 0.717) is 5.69 Å². The number of nitrogens with zero attached hydrogens (tertiary/aromatic N) is 1. The maximum absolute atomic E-state index is 12.0. The Bertz CT molecular complexity index is 528. The Morgan fingerprint density at radius 1 is 1.25 bits per heavy atom. The molecule has 1 heterocycles. The number of hydrogen-bond donors (Lipinski definition) is 2. The predicted octanol–water partition coefficient (Wildman–Crippen LogP) is 1.34. The van der Waals surface area contributed by atoms with Crippen LogP contribution in [0.1, 0.15) is 20.3 Å². The summed E-state index contributed by atoms with van der Waals surface area (Å²) in [6.45, 7) is 3.53. The molecule has 0 saturated carbocycles. The molecule has 2 N–H and O–H groups in total. The number of para-hydroxylation sites is 1. The summed E-state index contributed by atoms with van der Waals surface area (Å²) in [4.78, 5) is 36.7. The van der Waals surface area contributed by atoms with Crippen LogP contribution in [0.2, 0.25) is 0 Å². The van der Waals surface area contributed by atoms with Crippen molar-refractivity contribution in [2.24, 2.45) is 0 Å². The number of carbonyl (C=O) groups excluding carboxylic acids is 3. The lowest BCUT2D eigenvalue weighted by Crippen LogP contribution is -2.45. The zero-order chi connectivity index (χ0) is 14.7. The predicted molar refractivity (Wildman–Crippen MR) is 74.0 cm³/mol. The van der Waals surface area contributed by atoms with Gasteiger partial charge in [-0.3, -0.25) is 14.5 Å². The van der Waals surface area contributed by atoms with Gasteiger partial charge in [0, 0.05) is 11.7 Å². The third-order valence-corrected chi connectivity index (χ3v) is 3.04. The summed E-state index contributed by atoms with van der Waals surface area (Å²) in [6.07, 6.45) is 0.0131. The Morgan fingerprint density at radius 2 is 1.90 bits per heavy atom. The molecule has 1 aliphatic rings. The number of urea groups is 1. The van der Waals surface area contributed by atoms with Crippen LogP contribution in [0.15, 0.2) is 30.3 Å². The van der Waals surface area contributed by atoms with Gasteiger partial charge in [-0.05, 0) is 26.0 Å². The number of likely N-dealkylation sites (tertiary alicyclic amines) is 1. The van der Waals surface area contributed by atoms with Crippen molar-refractivity contribution in [3.05, 3.63) is 30.3 Å². The van der Waals surface area contributed by atoms with Gasteiger partial charge in [-0.2, -0.15) is 0 Å². The molecule has 20 heavy (non-hydrogen) atoms. The van der Waals surface area contributed by atoms with Crippen LogP contribution in [0.4, 0.5) is 10.5 Å². The lowest BCUT2D eigenvalue weighted by atomic mass is 10.2. The van der Waals surface area contributed by atoms with Crippen molar-refractivity contribution in [3.8, 4) is 0 Å². The lowest BCUT2D eigenvalue weighted by molar-refractivity contribution is -0.140. The van der Waals surface area contributed by atoms with E-state index >= 15 is 0 Å². The third kappa shape index (κ3) is 2.96. The maximum atomic E-state index is 12.0. The van der Waals surface area contributed by atoms with Crippen LogP contribution >= 0.6 is 0 Å². The van der Waals surface area contributed by atoms with Gasteiger partial charge in [0.05, 0.1) is 6.42 Å². The molecule has 1 aromatic carbocycles. The van der Waals surface area contributed by atoms with E-state index in [2.05, 4.69) is 10.6 Å². The monoisotopic (exact) mass is 275 g/mol. The Morgan fingerprint density at radius 3 is 2.45 bits per heavy atom. The molecular weight excluding hydrogens is 258 g/mol. The van der Waals surface area contributed by atoms with E-state index in [9.17, 15) is 14.4 Å². The van der Waals surface area contributed by atoms with Crippen molar-refractivity contribution >= 4 is 23.5 Å². The molecule has 0 bridgehead atoms. The van der Waals surface area contributed by atoms with Crippen molar-refractivity contribution in [2.45, 2.75) is 32.4 Å². The van der Waals surface area contributed by atoms with Gasteiger partial charge < -0.3 is 10.6 Å². The molecule has 6 nitrogen and oxygen atoms in total. The van der Waals surface area contributed by atoms with E-state index < -0.39 is 12.1 Å². The van der Waals surface area contributed by atoms with Crippen LogP contribution in [0.3, 0.4) is 0 Å². The summed E-state index contributed by atoms with van der Waals surface area (Å²) in [5.74, 6) is -0.608. The molecule has 1 saturated heterocycles. The number of carbonyl (C=O) groups is 3. The Labute approximate surface area is 117 Å². The SMILES string of the molecule is CC(C)N1C(=O)CC(NC(=O)Nc2ccccc2)C1=O. The summed E-state index contributed by atoms with van der Waals surface area (Å²) in [5.41, 5.74) is 0.627. The van der Waals surface area contributed by atoms with Gasteiger partial charge in [0.2, 0.25) is 5.91 Å². The number of amides is 4. The Hall–Kier alpha value is -2.37. The molecule has 0 spiro atoms. The first-order chi connectivity index (χ1) is 9.49. The van der Waals surface area contributed by atoms with Crippen LogP contribution < -0.4 is 10.6 Å². The van der Waals surface area contributed by atoms with Gasteiger partial charge in [0.25, 0.3) is 5.91 Å². The molecule has 1 aliphatic heterocycles. The highest BCUT2D eigenvalue weighted by molar-refractivity contribution is 6.07. The minimum atomic E-state index is -0.784. The van der Waals surface area contributed by atoms with E-state index in [4.69, 9.17) is 0 Å². The van der Waals surface area contributed by atoms with Gasteiger partial charge in [0.1, 0.15) is 6.04 Å². The second-order valence-corrected chi connectivity index (χ2v) is 4.92. The van der Waals surface area contributed by atoms with Gasteiger partial charge in [-0.25, -0.2) is 4.79 Å². The maximum Gasteiger partial charge on any atom is 0.319 e. The van der Waals surface area contributed by atoms with Crippen LogP contribution in [0, 0.1) is 0 Å². The van der Waals surface area contributed by atoms with Crippen LogP contribution in [0.25, 0.3) is 0 Å². The van der Waals surface area contributed by atoms with Gasteiger partial charge in [0.15, 0.2) is 0 Å². The van der Waals surface area contributed by atoms with E-state index in [0.717, 1.165) is 0 Å². The molecular formula is C14H17N3O3. The van der Waals surface area contributed by atoms with Crippen LogP contribution in [0.5, 0.6) is 0 Å². The number of hydrogen-bond acceptors (Lipinski definition) is 3. The number of nitrogens with one attached hydrogen (secondary N) is 2. The molecule has 4 amide bonds. The third-order valence-electron chi connectivity index (χ3n) is 3.04. The number of imide groups is 1. The second kappa shape index (κ2) is 5.73. The smallest absolute Gasteiger partial charge is 0.319 e. The standard InChI is InChI=1S/C14H17N3O3/c1-9(2)17-12(18)8-11(13(17)19)16-14(20)15-10-6-4-3-5-7-10/h3-7,9,11H,8H2,1-2H3,(H2,15,16,20). The summed E-state index contributed by atoms with van der Waals surface area (Å²) < 4.78 is 0. The molecule has 0 aliphatic carbocycles. The second-order valence-electron chi connectivity index (χ2n) is 4.92. The van der Waals surface area contributed by atoms with Gasteiger partial charge in [-0.15, -0.1) is 0 Å². The summed E-state index contributed by atoms with van der Waals surface area (Å²) >= 11 is 0. The minimum absolute atomic E-state index is 0.0131. The highest BCUT2D eigenvalue weighted by Crippen LogP contribution is 2.16. The van der Waals surface area contributed by atoms with Crippen LogP contribution in [-0.2, 0) is 9.59 Å². The quantitative estimate of drug-likeness (QED) is 0.817. The zero-order valence-electron chi connectivity index (χ0n) is 11.4. The van der Waals surface area contributed by atoms with Gasteiger partial charge in [-0.1, -0.05) is 18.2 Å². The highest BCUT2D eigenvalue weighted by Gasteiger charge is 2.40. The topological polar surface area (TPSA) is 78.5 Å². The fraction of sp³-hybridized carbons (Fsp3) is 0.357. The average molecular weight is 275 g/mol. The first-order valence-electron chi connectivity index (χ1n) is 6.47. The van der Waals surface area contributed by atoms with E-state index in [1.807, 2.05) is 6.07 Å². The molecule has 6 heteroatoms. The number of rotatable bonds is 3. The molecule has 2 rings (SSSR count). The first kappa shape index (κ1) is 14.0. The van der Waals surface area contributed by atoms with Gasteiger partial charge >= 0.3 is 6.03 Å². The Balaban J connectivity index is 1.96. The van der Waals surface area contributed by atoms with E-state index in [1.165, 1.54) is 4.90 Å². The molecule has 1 unspecified atom stereocenters. The molecule has 1 atom stereocenters. The van der Waals surface area contributed by atoms with Crippen LogP contribution in [-0.4, -0.2) is 34.8 Å². The van der Waals surface area contributed by atoms with E-state index in [1.54, 1.807) is 38.1 Å². The van der Waals surface area contributed by atoms with Crippen molar-refractivity contribution in [1.82, 2.24) is 10.2 Å². The van der Waals surface area contributed by atoms with Crippen molar-refractivity contribution in [2.75, 3.05) is 5.32 Å². The lowest BCUT2D eigenvalue weighted by Gasteiger charge is -2.19. The highest BCUT2D eigenvalue weighted by atomic mass is 16.2. The number of benzene rings is 1. The fourth-order valence-electron chi connectivity index (χ4n) is 2.15. The first-order valence-corrected chi connectivity index (χ1v) is 6.47. The van der Waals surface area contributed by atoms with Crippen molar-refractivity contribution < 1.29 is 14.4 Å². The minimum Gasteiger partial charge on any atom is -0.326 e.